The second kappa shape index (κ2) is 6.68. The van der Waals surface area contributed by atoms with Crippen molar-refractivity contribution in [2.45, 2.75) is 55.6 Å². The first kappa shape index (κ1) is 14.0. The lowest BCUT2D eigenvalue weighted by Gasteiger charge is -2.31. The number of thioether (sulfide) groups is 1. The number of para-hydroxylation sites is 1. The van der Waals surface area contributed by atoms with Crippen LogP contribution >= 0.6 is 11.8 Å². The van der Waals surface area contributed by atoms with Gasteiger partial charge in [0.25, 0.3) is 0 Å². The predicted molar refractivity (Wildman–Crippen MR) is 85.3 cm³/mol. The summed E-state index contributed by atoms with van der Waals surface area (Å²) < 4.78 is 6.13. The molecule has 2 unspecified atom stereocenters. The minimum absolute atomic E-state index is 0.0500. The van der Waals surface area contributed by atoms with Crippen molar-refractivity contribution < 1.29 is 4.74 Å². The highest BCUT2D eigenvalue weighted by molar-refractivity contribution is 7.99. The number of benzene rings is 1. The van der Waals surface area contributed by atoms with Gasteiger partial charge in [0.05, 0.1) is 6.04 Å². The van der Waals surface area contributed by atoms with Crippen molar-refractivity contribution in [3.8, 4) is 5.75 Å². The van der Waals surface area contributed by atoms with Crippen molar-refractivity contribution >= 4 is 11.8 Å². The van der Waals surface area contributed by atoms with Gasteiger partial charge in [-0.05, 0) is 37.8 Å². The monoisotopic (exact) mass is 289 g/mol. The van der Waals surface area contributed by atoms with Crippen LogP contribution in [-0.4, -0.2) is 17.9 Å². The Morgan fingerprint density at radius 2 is 2.00 bits per heavy atom. The molecule has 1 aromatic rings. The molecule has 1 aliphatic carbocycles. The summed E-state index contributed by atoms with van der Waals surface area (Å²) in [4.78, 5) is 1.24. The zero-order valence-corrected chi connectivity index (χ0v) is 12.7. The van der Waals surface area contributed by atoms with Gasteiger partial charge in [0.2, 0.25) is 0 Å². The lowest BCUT2D eigenvalue weighted by atomic mass is 9.93. The van der Waals surface area contributed by atoms with Crippen molar-refractivity contribution in [1.82, 2.24) is 0 Å². The number of rotatable bonds is 2. The Labute approximate surface area is 125 Å². The highest BCUT2D eigenvalue weighted by Gasteiger charge is 2.27. The van der Waals surface area contributed by atoms with Gasteiger partial charge in [-0.15, -0.1) is 11.8 Å². The van der Waals surface area contributed by atoms with Crippen LogP contribution in [0.25, 0.3) is 0 Å². The van der Waals surface area contributed by atoms with Gasteiger partial charge in [0, 0.05) is 10.6 Å². The van der Waals surface area contributed by atoms with Crippen LogP contribution in [0.2, 0.25) is 0 Å². The molecule has 108 valence electrons. The minimum atomic E-state index is 0.0500. The molecule has 0 spiro atoms. The largest absolute Gasteiger partial charge is 0.486 e. The first-order valence-electron chi connectivity index (χ1n) is 7.67. The first-order chi connectivity index (χ1) is 9.84. The summed E-state index contributed by atoms with van der Waals surface area (Å²) in [5.41, 5.74) is 7.91. The number of hydrogen-bond acceptors (Lipinski definition) is 3. The Hall–Kier alpha value is -0.930. The fourth-order valence-corrected chi connectivity index (χ4v) is 4.02. The van der Waals surface area contributed by atoms with E-state index >= 15 is 0 Å². The Kier molecular flexibility index (Phi) is 4.69. The molecule has 0 amide bonds. The number of nitrogens with two attached hydrogens (primary N) is 1. The third-order valence-electron chi connectivity index (χ3n) is 4.19. The van der Waals surface area contributed by atoms with E-state index in [4.69, 9.17) is 10.5 Å². The number of ether oxygens (including phenoxy) is 1. The van der Waals surface area contributed by atoms with E-state index in [0.717, 1.165) is 17.9 Å². The molecule has 1 aromatic carbocycles. The predicted octanol–water partition coefficient (Wildman–Crippen LogP) is 4.15. The molecule has 2 aliphatic rings. The summed E-state index contributed by atoms with van der Waals surface area (Å²) in [5, 5.41) is 0. The van der Waals surface area contributed by atoms with E-state index in [2.05, 4.69) is 18.2 Å². The molecule has 2 atom stereocenters. The Bertz CT molecular complexity index is 486. The molecule has 2 N–H and O–H groups in total. The van der Waals surface area contributed by atoms with Gasteiger partial charge >= 0.3 is 0 Å². The van der Waals surface area contributed by atoms with Crippen molar-refractivity contribution in [2.24, 2.45) is 5.73 Å². The van der Waals surface area contributed by atoms with Gasteiger partial charge in [-0.1, -0.05) is 36.6 Å². The maximum absolute atomic E-state index is 6.49. The summed E-state index contributed by atoms with van der Waals surface area (Å²) in [6, 6.07) is 8.31. The van der Waals surface area contributed by atoms with Crippen LogP contribution in [0.3, 0.4) is 0 Å². The van der Waals surface area contributed by atoms with Crippen LogP contribution in [0.5, 0.6) is 5.75 Å². The van der Waals surface area contributed by atoms with E-state index in [1.54, 1.807) is 0 Å². The maximum atomic E-state index is 6.49. The summed E-state index contributed by atoms with van der Waals surface area (Å²) in [5.74, 6) is 1.95. The molecule has 0 saturated heterocycles. The fraction of sp³-hybridized carbons (Fsp3) is 0.529. The molecule has 1 aliphatic heterocycles. The van der Waals surface area contributed by atoms with Crippen LogP contribution in [-0.2, 0) is 0 Å². The summed E-state index contributed by atoms with van der Waals surface area (Å²) in [6.45, 7) is 0. The summed E-state index contributed by atoms with van der Waals surface area (Å²) >= 11 is 1.87. The highest BCUT2D eigenvalue weighted by atomic mass is 32.2. The zero-order valence-electron chi connectivity index (χ0n) is 11.9. The average Bonchev–Trinajstić information content (AvgIpc) is 2.46. The van der Waals surface area contributed by atoms with E-state index in [0.29, 0.717) is 0 Å². The van der Waals surface area contributed by atoms with Gasteiger partial charge < -0.3 is 10.5 Å². The third kappa shape index (κ3) is 3.21. The van der Waals surface area contributed by atoms with Crippen molar-refractivity contribution in [3.63, 3.8) is 0 Å². The number of allylic oxidation sites excluding steroid dienone is 1. The van der Waals surface area contributed by atoms with Crippen LogP contribution in [0.15, 0.2) is 40.8 Å². The topological polar surface area (TPSA) is 35.2 Å². The number of fused-ring (bicyclic) bond motifs is 1. The minimum Gasteiger partial charge on any atom is -0.486 e. The van der Waals surface area contributed by atoms with E-state index < -0.39 is 0 Å². The van der Waals surface area contributed by atoms with Gasteiger partial charge in [0.15, 0.2) is 0 Å². The first-order valence-corrected chi connectivity index (χ1v) is 8.66. The van der Waals surface area contributed by atoms with E-state index in [-0.39, 0.29) is 12.1 Å². The Balaban J connectivity index is 1.70. The molecule has 0 bridgehead atoms. The van der Waals surface area contributed by atoms with Gasteiger partial charge in [0.1, 0.15) is 11.9 Å². The third-order valence-corrected chi connectivity index (χ3v) is 5.33. The summed E-state index contributed by atoms with van der Waals surface area (Å²) in [7, 11) is 0. The molecule has 20 heavy (non-hydrogen) atoms. The lowest BCUT2D eigenvalue weighted by molar-refractivity contribution is 0.195. The summed E-state index contributed by atoms with van der Waals surface area (Å²) in [6.07, 6.45) is 10.1. The molecule has 0 fully saturated rings. The number of hydrogen-bond donors (Lipinski definition) is 1. The van der Waals surface area contributed by atoms with Gasteiger partial charge in [-0.3, -0.25) is 0 Å². The standard InChI is InChI=1S/C17H23NOS/c18-17(13-8-4-2-1-3-5-9-13)15-12-20-16-11-7-6-10-14(16)19-15/h6-8,10-11,15,17H,1-5,9,12,18H2/b13-8+. The lowest BCUT2D eigenvalue weighted by Crippen LogP contribution is -2.43. The SMILES string of the molecule is NC(/C1=C/CCCCCC1)C1CSc2ccccc2O1. The van der Waals surface area contributed by atoms with Crippen molar-refractivity contribution in [2.75, 3.05) is 5.75 Å². The van der Waals surface area contributed by atoms with E-state index in [1.807, 2.05) is 23.9 Å². The quantitative estimate of drug-likeness (QED) is 0.831. The molecule has 0 saturated carbocycles. The van der Waals surface area contributed by atoms with Crippen molar-refractivity contribution in [1.29, 1.82) is 0 Å². The average molecular weight is 289 g/mol. The molecule has 0 aromatic heterocycles. The van der Waals surface area contributed by atoms with Gasteiger partial charge in [-0.25, -0.2) is 0 Å². The Morgan fingerprint density at radius 1 is 1.15 bits per heavy atom. The second-order valence-corrected chi connectivity index (χ2v) is 6.73. The van der Waals surface area contributed by atoms with Crippen LogP contribution in [0.4, 0.5) is 0 Å². The molecule has 0 radical (unpaired) electrons. The smallest absolute Gasteiger partial charge is 0.133 e. The zero-order chi connectivity index (χ0) is 13.8. The normalized spacial score (nSPS) is 27.2. The molecular formula is C17H23NOS. The molecule has 3 rings (SSSR count). The van der Waals surface area contributed by atoms with Crippen LogP contribution in [0.1, 0.15) is 38.5 Å². The van der Waals surface area contributed by atoms with Gasteiger partial charge in [-0.2, -0.15) is 0 Å². The van der Waals surface area contributed by atoms with Crippen LogP contribution < -0.4 is 10.5 Å². The second-order valence-electron chi connectivity index (χ2n) is 5.67. The molecule has 3 heteroatoms. The Morgan fingerprint density at radius 3 is 2.95 bits per heavy atom. The van der Waals surface area contributed by atoms with E-state index in [1.165, 1.54) is 42.6 Å². The van der Waals surface area contributed by atoms with Crippen LogP contribution in [0, 0.1) is 0 Å². The maximum Gasteiger partial charge on any atom is 0.133 e. The van der Waals surface area contributed by atoms with Crippen molar-refractivity contribution in [3.05, 3.63) is 35.9 Å². The molecule has 1 heterocycles. The molecular weight excluding hydrogens is 266 g/mol. The van der Waals surface area contributed by atoms with E-state index in [9.17, 15) is 0 Å². The highest BCUT2D eigenvalue weighted by Crippen LogP contribution is 2.36. The molecule has 2 nitrogen and oxygen atoms in total. The fourth-order valence-electron chi connectivity index (χ4n) is 2.97.